The molecule has 1 aromatic rings. The minimum atomic E-state index is -1.15. The van der Waals surface area contributed by atoms with Gasteiger partial charge in [0.25, 0.3) is 0 Å². The maximum absolute atomic E-state index is 10.5. The van der Waals surface area contributed by atoms with Gasteiger partial charge in [0.05, 0.1) is 5.02 Å². The van der Waals surface area contributed by atoms with Gasteiger partial charge in [0.2, 0.25) is 0 Å². The fraction of sp³-hybridized carbons (Fsp3) is 0.125. The summed E-state index contributed by atoms with van der Waals surface area (Å²) in [5.41, 5.74) is 5.62. The van der Waals surface area contributed by atoms with Crippen molar-refractivity contribution in [2.75, 3.05) is 0 Å². The zero-order chi connectivity index (χ0) is 10.0. The highest BCUT2D eigenvalue weighted by molar-refractivity contribution is 6.32. The van der Waals surface area contributed by atoms with E-state index in [1.807, 2.05) is 0 Å². The van der Waals surface area contributed by atoms with Crippen molar-refractivity contribution in [3.63, 3.8) is 0 Å². The van der Waals surface area contributed by atoms with Gasteiger partial charge in [-0.25, -0.2) is 0 Å². The second-order valence-electron chi connectivity index (χ2n) is 2.53. The zero-order valence-corrected chi connectivity index (χ0v) is 7.32. The Morgan fingerprint density at radius 1 is 1.54 bits per heavy atom. The first-order valence-electron chi connectivity index (χ1n) is 3.49. The number of nitrogens with two attached hydrogens (primary N) is 1. The fourth-order valence-electron chi connectivity index (χ4n) is 0.866. The van der Waals surface area contributed by atoms with Gasteiger partial charge in [0.1, 0.15) is 11.8 Å². The molecule has 1 aromatic carbocycles. The molecule has 0 spiro atoms. The number of hydrogen-bond acceptors (Lipinski definition) is 3. The summed E-state index contributed by atoms with van der Waals surface area (Å²) < 4.78 is 0. The van der Waals surface area contributed by atoms with Crippen molar-refractivity contribution in [1.82, 2.24) is 0 Å². The van der Waals surface area contributed by atoms with E-state index in [1.54, 1.807) is 0 Å². The van der Waals surface area contributed by atoms with Crippen LogP contribution in [0.15, 0.2) is 18.2 Å². The molecule has 0 unspecified atom stereocenters. The molecule has 0 aliphatic heterocycles. The van der Waals surface area contributed by atoms with Crippen molar-refractivity contribution in [3.8, 4) is 5.75 Å². The first-order valence-corrected chi connectivity index (χ1v) is 3.87. The van der Waals surface area contributed by atoms with Gasteiger partial charge in [-0.2, -0.15) is 0 Å². The van der Waals surface area contributed by atoms with E-state index >= 15 is 0 Å². The van der Waals surface area contributed by atoms with E-state index in [4.69, 9.17) is 27.5 Å². The molecular formula is C8H8ClNO3. The minimum Gasteiger partial charge on any atom is -0.506 e. The van der Waals surface area contributed by atoms with Crippen LogP contribution < -0.4 is 5.73 Å². The van der Waals surface area contributed by atoms with Gasteiger partial charge in [-0.15, -0.1) is 0 Å². The normalized spacial score (nSPS) is 12.5. The molecule has 0 fully saturated rings. The lowest BCUT2D eigenvalue weighted by molar-refractivity contribution is -0.138. The molecule has 0 aromatic heterocycles. The van der Waals surface area contributed by atoms with E-state index in [2.05, 4.69) is 0 Å². The molecule has 0 aliphatic carbocycles. The smallest absolute Gasteiger partial charge is 0.325 e. The summed E-state index contributed by atoms with van der Waals surface area (Å²) in [4.78, 5) is 10.5. The van der Waals surface area contributed by atoms with Gasteiger partial charge in [-0.1, -0.05) is 17.7 Å². The van der Waals surface area contributed by atoms with Gasteiger partial charge in [0.15, 0.2) is 0 Å². The molecule has 70 valence electrons. The van der Waals surface area contributed by atoms with Gasteiger partial charge >= 0.3 is 5.97 Å². The highest BCUT2D eigenvalue weighted by Crippen LogP contribution is 2.25. The summed E-state index contributed by atoms with van der Waals surface area (Å²) in [6, 6.07) is 2.96. The van der Waals surface area contributed by atoms with Crippen LogP contribution in [0.25, 0.3) is 0 Å². The molecule has 1 atom stereocenters. The number of benzene rings is 1. The van der Waals surface area contributed by atoms with Gasteiger partial charge < -0.3 is 15.9 Å². The highest BCUT2D eigenvalue weighted by Gasteiger charge is 2.14. The molecule has 0 heterocycles. The Morgan fingerprint density at radius 2 is 2.15 bits per heavy atom. The standard InChI is InChI=1S/C8H8ClNO3/c9-5-2-1-4(3-6(5)11)7(10)8(12)13/h1-3,7,11H,10H2,(H,12,13)/t7-/m0/s1. The molecular weight excluding hydrogens is 194 g/mol. The van der Waals surface area contributed by atoms with Crippen LogP contribution in [-0.4, -0.2) is 16.2 Å². The van der Waals surface area contributed by atoms with Gasteiger partial charge in [0, 0.05) is 0 Å². The van der Waals surface area contributed by atoms with Gasteiger partial charge in [-0.05, 0) is 17.7 Å². The second-order valence-corrected chi connectivity index (χ2v) is 2.93. The quantitative estimate of drug-likeness (QED) is 0.670. The second kappa shape index (κ2) is 3.64. The summed E-state index contributed by atoms with van der Waals surface area (Å²) >= 11 is 5.53. The highest BCUT2D eigenvalue weighted by atomic mass is 35.5. The number of carboxylic acids is 1. The molecule has 0 radical (unpaired) electrons. The Bertz CT molecular complexity index is 340. The van der Waals surface area contributed by atoms with Crippen LogP contribution >= 0.6 is 11.6 Å². The van der Waals surface area contributed by atoms with E-state index in [1.165, 1.54) is 18.2 Å². The largest absolute Gasteiger partial charge is 0.506 e. The summed E-state index contributed by atoms with van der Waals surface area (Å²) in [7, 11) is 0. The number of halogens is 1. The number of carbonyl (C=O) groups is 1. The number of aliphatic carboxylic acids is 1. The van der Waals surface area contributed by atoms with Gasteiger partial charge in [-0.3, -0.25) is 4.79 Å². The molecule has 0 saturated carbocycles. The third kappa shape index (κ3) is 2.11. The van der Waals surface area contributed by atoms with Crippen molar-refractivity contribution in [2.45, 2.75) is 6.04 Å². The van der Waals surface area contributed by atoms with Crippen LogP contribution in [-0.2, 0) is 4.79 Å². The molecule has 13 heavy (non-hydrogen) atoms. The van der Waals surface area contributed by atoms with E-state index in [0.717, 1.165) is 0 Å². The molecule has 0 saturated heterocycles. The molecule has 1 rings (SSSR count). The Hall–Kier alpha value is -1.26. The maximum Gasteiger partial charge on any atom is 0.325 e. The number of phenolic OH excluding ortho intramolecular Hbond substituents is 1. The third-order valence-electron chi connectivity index (χ3n) is 1.60. The van der Waals surface area contributed by atoms with Crippen molar-refractivity contribution in [2.24, 2.45) is 5.73 Å². The predicted octanol–water partition coefficient (Wildman–Crippen LogP) is 1.13. The van der Waals surface area contributed by atoms with Crippen LogP contribution in [0.4, 0.5) is 0 Å². The fourth-order valence-corrected chi connectivity index (χ4v) is 0.983. The van der Waals surface area contributed by atoms with Crippen LogP contribution in [0.2, 0.25) is 5.02 Å². The Morgan fingerprint density at radius 3 is 2.62 bits per heavy atom. The zero-order valence-electron chi connectivity index (χ0n) is 6.57. The number of rotatable bonds is 2. The van der Waals surface area contributed by atoms with Crippen molar-refractivity contribution in [1.29, 1.82) is 0 Å². The van der Waals surface area contributed by atoms with Crippen molar-refractivity contribution in [3.05, 3.63) is 28.8 Å². The molecule has 5 heteroatoms. The molecule has 0 bridgehead atoms. The average Bonchev–Trinajstić information content (AvgIpc) is 2.08. The van der Waals surface area contributed by atoms with E-state index in [9.17, 15) is 4.79 Å². The van der Waals surface area contributed by atoms with Crippen LogP contribution in [0.1, 0.15) is 11.6 Å². The van der Waals surface area contributed by atoms with Crippen LogP contribution in [0.3, 0.4) is 0 Å². The first-order chi connectivity index (χ1) is 6.02. The number of phenols is 1. The summed E-state index contributed by atoms with van der Waals surface area (Å²) in [6.07, 6.45) is 0. The van der Waals surface area contributed by atoms with Crippen molar-refractivity contribution < 1.29 is 15.0 Å². The van der Waals surface area contributed by atoms with Crippen LogP contribution in [0.5, 0.6) is 5.75 Å². The van der Waals surface area contributed by atoms with E-state index < -0.39 is 12.0 Å². The Labute approximate surface area is 79.6 Å². The van der Waals surface area contributed by atoms with E-state index in [0.29, 0.717) is 5.56 Å². The summed E-state index contributed by atoms with van der Waals surface area (Å²) in [5.74, 6) is -1.32. The predicted molar refractivity (Wildman–Crippen MR) is 47.7 cm³/mol. The molecule has 0 amide bonds. The minimum absolute atomic E-state index is 0.168. The lowest BCUT2D eigenvalue weighted by Gasteiger charge is -2.07. The summed E-state index contributed by atoms with van der Waals surface area (Å²) in [5, 5.41) is 17.9. The molecule has 4 nitrogen and oxygen atoms in total. The monoisotopic (exact) mass is 201 g/mol. The maximum atomic E-state index is 10.5. The summed E-state index contributed by atoms with van der Waals surface area (Å²) in [6.45, 7) is 0. The lowest BCUT2D eigenvalue weighted by Crippen LogP contribution is -2.20. The first kappa shape index (κ1) is 9.83. The number of carboxylic acid groups (broad SMARTS) is 1. The lowest BCUT2D eigenvalue weighted by atomic mass is 10.1. The molecule has 4 N–H and O–H groups in total. The number of hydrogen-bond donors (Lipinski definition) is 3. The average molecular weight is 202 g/mol. The SMILES string of the molecule is N[C@H](C(=O)O)c1ccc(Cl)c(O)c1. The Kier molecular flexibility index (Phi) is 2.75. The van der Waals surface area contributed by atoms with Crippen LogP contribution in [0, 0.1) is 0 Å². The number of aromatic hydroxyl groups is 1. The third-order valence-corrected chi connectivity index (χ3v) is 1.91. The molecule has 0 aliphatic rings. The van der Waals surface area contributed by atoms with E-state index in [-0.39, 0.29) is 10.8 Å². The van der Waals surface area contributed by atoms with Crippen molar-refractivity contribution >= 4 is 17.6 Å². The topological polar surface area (TPSA) is 83.6 Å². The Balaban J connectivity index is 3.03.